The number of amides is 1. The van der Waals surface area contributed by atoms with Crippen LogP contribution >= 0.6 is 0 Å². The van der Waals surface area contributed by atoms with E-state index >= 15 is 0 Å². The number of nitrogens with zero attached hydrogens (tertiary/aromatic N) is 1. The quantitative estimate of drug-likeness (QED) is 0.647. The van der Waals surface area contributed by atoms with Crippen LogP contribution in [0, 0.1) is 0 Å². The second kappa shape index (κ2) is 5.78. The highest BCUT2D eigenvalue weighted by Gasteiger charge is 2.17. The molecular weight excluding hydrogens is 238 g/mol. The summed E-state index contributed by atoms with van der Waals surface area (Å²) in [5, 5.41) is 3.45. The molecule has 1 aromatic carbocycles. The first-order chi connectivity index (χ1) is 9.08. The Labute approximate surface area is 114 Å². The van der Waals surface area contributed by atoms with Gasteiger partial charge in [-0.2, -0.15) is 0 Å². The molecule has 1 aliphatic carbocycles. The lowest BCUT2D eigenvalue weighted by atomic mass is 10.0. The average Bonchev–Trinajstić information content (AvgIpc) is 2.39. The van der Waals surface area contributed by atoms with E-state index in [0.717, 1.165) is 24.9 Å². The Morgan fingerprint density at radius 3 is 2.79 bits per heavy atom. The summed E-state index contributed by atoms with van der Waals surface area (Å²) in [5.74, 6) is -0.00569. The molecule has 1 aromatic rings. The van der Waals surface area contributed by atoms with E-state index in [0.29, 0.717) is 17.3 Å². The van der Waals surface area contributed by atoms with Crippen LogP contribution in [0.2, 0.25) is 0 Å². The molecule has 1 unspecified atom stereocenters. The Kier molecular flexibility index (Phi) is 4.10. The van der Waals surface area contributed by atoms with Gasteiger partial charge in [0.2, 0.25) is 0 Å². The molecule has 0 spiro atoms. The van der Waals surface area contributed by atoms with Gasteiger partial charge in [-0.3, -0.25) is 4.79 Å². The molecule has 0 aromatic heterocycles. The lowest BCUT2D eigenvalue weighted by Crippen LogP contribution is -2.26. The van der Waals surface area contributed by atoms with Gasteiger partial charge in [0.15, 0.2) is 0 Å². The molecule has 0 saturated carbocycles. The van der Waals surface area contributed by atoms with Crippen LogP contribution in [0.1, 0.15) is 29.6 Å². The molecule has 0 bridgehead atoms. The Bertz CT molecular complexity index is 494. The molecule has 0 aliphatic heterocycles. The van der Waals surface area contributed by atoms with Crippen LogP contribution in [0.3, 0.4) is 0 Å². The SMILES string of the molecule is CN(C)C(=O)c1ccc(N)cc1NC1CC=CCC1. The fourth-order valence-corrected chi connectivity index (χ4v) is 2.25. The van der Waals surface area contributed by atoms with Crippen molar-refractivity contribution in [2.24, 2.45) is 0 Å². The van der Waals surface area contributed by atoms with Crippen molar-refractivity contribution in [3.05, 3.63) is 35.9 Å². The summed E-state index contributed by atoms with van der Waals surface area (Å²) < 4.78 is 0. The Morgan fingerprint density at radius 1 is 1.37 bits per heavy atom. The van der Waals surface area contributed by atoms with Crippen LogP contribution in [0.15, 0.2) is 30.4 Å². The zero-order chi connectivity index (χ0) is 13.8. The lowest BCUT2D eigenvalue weighted by Gasteiger charge is -2.23. The molecule has 19 heavy (non-hydrogen) atoms. The maximum atomic E-state index is 12.1. The van der Waals surface area contributed by atoms with Gasteiger partial charge in [0.25, 0.3) is 5.91 Å². The molecule has 0 saturated heterocycles. The molecule has 0 fully saturated rings. The molecule has 1 aliphatic rings. The molecule has 102 valence electrons. The fourth-order valence-electron chi connectivity index (χ4n) is 2.25. The van der Waals surface area contributed by atoms with E-state index in [9.17, 15) is 4.79 Å². The Morgan fingerprint density at radius 2 is 2.16 bits per heavy atom. The van der Waals surface area contributed by atoms with Crippen LogP contribution in [0.4, 0.5) is 11.4 Å². The largest absolute Gasteiger partial charge is 0.399 e. The second-order valence-electron chi connectivity index (χ2n) is 5.13. The van der Waals surface area contributed by atoms with Gasteiger partial charge in [0, 0.05) is 31.5 Å². The van der Waals surface area contributed by atoms with E-state index in [1.807, 2.05) is 6.07 Å². The van der Waals surface area contributed by atoms with Crippen LogP contribution in [-0.4, -0.2) is 30.9 Å². The molecule has 3 N–H and O–H groups in total. The first-order valence-electron chi connectivity index (χ1n) is 6.60. The van der Waals surface area contributed by atoms with Gasteiger partial charge in [-0.05, 0) is 37.5 Å². The highest BCUT2D eigenvalue weighted by atomic mass is 16.2. The maximum Gasteiger partial charge on any atom is 0.255 e. The predicted molar refractivity (Wildman–Crippen MR) is 79.3 cm³/mol. The minimum absolute atomic E-state index is 0.00569. The third-order valence-corrected chi connectivity index (χ3v) is 3.31. The van der Waals surface area contributed by atoms with Crippen LogP contribution in [-0.2, 0) is 0 Å². The molecule has 0 radical (unpaired) electrons. The van der Waals surface area contributed by atoms with Crippen molar-refractivity contribution in [2.75, 3.05) is 25.1 Å². The molecule has 1 amide bonds. The minimum Gasteiger partial charge on any atom is -0.399 e. The first-order valence-corrected chi connectivity index (χ1v) is 6.60. The fraction of sp³-hybridized carbons (Fsp3) is 0.400. The van der Waals surface area contributed by atoms with Crippen LogP contribution in [0.25, 0.3) is 0 Å². The predicted octanol–water partition coefficient (Wildman–Crippen LogP) is 2.49. The molecule has 4 heteroatoms. The summed E-state index contributed by atoms with van der Waals surface area (Å²) in [7, 11) is 3.51. The molecule has 0 heterocycles. The number of carbonyl (C=O) groups is 1. The summed E-state index contributed by atoms with van der Waals surface area (Å²) in [5.41, 5.74) is 8.01. The van der Waals surface area contributed by atoms with E-state index < -0.39 is 0 Å². The lowest BCUT2D eigenvalue weighted by molar-refractivity contribution is 0.0828. The number of nitrogen functional groups attached to an aromatic ring is 1. The molecule has 2 rings (SSSR count). The summed E-state index contributed by atoms with van der Waals surface area (Å²) in [6, 6.07) is 5.77. The number of nitrogens with two attached hydrogens (primary N) is 1. The monoisotopic (exact) mass is 259 g/mol. The van der Waals surface area contributed by atoms with Crippen molar-refractivity contribution in [1.29, 1.82) is 0 Å². The number of hydrogen-bond acceptors (Lipinski definition) is 3. The maximum absolute atomic E-state index is 12.1. The Balaban J connectivity index is 2.24. The first kappa shape index (κ1) is 13.5. The van der Waals surface area contributed by atoms with E-state index in [-0.39, 0.29) is 5.91 Å². The van der Waals surface area contributed by atoms with Crippen LogP contribution < -0.4 is 11.1 Å². The normalized spacial score (nSPS) is 18.1. The number of benzene rings is 1. The van der Waals surface area contributed by atoms with Crippen molar-refractivity contribution in [3.8, 4) is 0 Å². The number of carbonyl (C=O) groups excluding carboxylic acids is 1. The summed E-state index contributed by atoms with van der Waals surface area (Å²) in [4.78, 5) is 13.7. The number of hydrogen-bond donors (Lipinski definition) is 2. The van der Waals surface area contributed by atoms with Gasteiger partial charge in [-0.25, -0.2) is 0 Å². The smallest absolute Gasteiger partial charge is 0.255 e. The highest BCUT2D eigenvalue weighted by Crippen LogP contribution is 2.24. The van der Waals surface area contributed by atoms with Crippen LogP contribution in [0.5, 0.6) is 0 Å². The van der Waals surface area contributed by atoms with Crippen molar-refractivity contribution in [3.63, 3.8) is 0 Å². The summed E-state index contributed by atoms with van der Waals surface area (Å²) >= 11 is 0. The van der Waals surface area contributed by atoms with Gasteiger partial charge in [0.05, 0.1) is 5.56 Å². The zero-order valence-corrected chi connectivity index (χ0v) is 11.5. The standard InChI is InChI=1S/C15H21N3O/c1-18(2)15(19)13-9-8-11(16)10-14(13)17-12-6-4-3-5-7-12/h3-4,8-10,12,17H,5-7,16H2,1-2H3. The highest BCUT2D eigenvalue weighted by molar-refractivity contribution is 6.00. The van der Waals surface area contributed by atoms with Gasteiger partial charge in [0.1, 0.15) is 0 Å². The van der Waals surface area contributed by atoms with Gasteiger partial charge in [-0.15, -0.1) is 0 Å². The third kappa shape index (κ3) is 3.28. The van der Waals surface area contributed by atoms with Gasteiger partial charge >= 0.3 is 0 Å². The van der Waals surface area contributed by atoms with Crippen molar-refractivity contribution >= 4 is 17.3 Å². The van der Waals surface area contributed by atoms with Crippen molar-refractivity contribution < 1.29 is 4.79 Å². The number of anilines is 2. The molecule has 1 atom stereocenters. The third-order valence-electron chi connectivity index (χ3n) is 3.31. The van der Waals surface area contributed by atoms with E-state index in [1.54, 1.807) is 31.1 Å². The second-order valence-corrected chi connectivity index (χ2v) is 5.13. The van der Waals surface area contributed by atoms with E-state index in [4.69, 9.17) is 5.73 Å². The molecule has 4 nitrogen and oxygen atoms in total. The number of allylic oxidation sites excluding steroid dienone is 1. The summed E-state index contributed by atoms with van der Waals surface area (Å²) in [6.45, 7) is 0. The minimum atomic E-state index is -0.00569. The van der Waals surface area contributed by atoms with Crippen molar-refractivity contribution in [1.82, 2.24) is 4.90 Å². The average molecular weight is 259 g/mol. The van der Waals surface area contributed by atoms with Gasteiger partial charge < -0.3 is 16.0 Å². The van der Waals surface area contributed by atoms with Gasteiger partial charge in [-0.1, -0.05) is 12.2 Å². The Hall–Kier alpha value is -1.97. The van der Waals surface area contributed by atoms with E-state index in [2.05, 4.69) is 17.5 Å². The zero-order valence-electron chi connectivity index (χ0n) is 11.5. The summed E-state index contributed by atoms with van der Waals surface area (Å²) in [6.07, 6.45) is 7.53. The number of rotatable bonds is 3. The number of nitrogens with one attached hydrogen (secondary N) is 1. The van der Waals surface area contributed by atoms with Crippen molar-refractivity contribution in [2.45, 2.75) is 25.3 Å². The van der Waals surface area contributed by atoms with E-state index in [1.165, 1.54) is 0 Å². The topological polar surface area (TPSA) is 58.4 Å². The molecular formula is C15H21N3O.